The van der Waals surface area contributed by atoms with Crippen LogP contribution in [-0.4, -0.2) is 41.6 Å². The highest BCUT2D eigenvalue weighted by atomic mass is 32.2. The van der Waals surface area contributed by atoms with Crippen LogP contribution in [0.2, 0.25) is 0 Å². The number of piperidine rings is 1. The fourth-order valence-electron chi connectivity index (χ4n) is 3.05. The lowest BCUT2D eigenvalue weighted by atomic mass is 9.93. The zero-order chi connectivity index (χ0) is 17.3. The second-order valence-corrected chi connectivity index (χ2v) is 8.52. The summed E-state index contributed by atoms with van der Waals surface area (Å²) in [6.45, 7) is 4.97. The van der Waals surface area contributed by atoms with E-state index in [0.717, 1.165) is 24.1 Å². The van der Waals surface area contributed by atoms with Crippen molar-refractivity contribution in [2.75, 3.05) is 13.1 Å². The highest BCUT2D eigenvalue weighted by Crippen LogP contribution is 2.25. The normalized spacial score (nSPS) is 20.9. The van der Waals surface area contributed by atoms with Gasteiger partial charge in [0.2, 0.25) is 10.0 Å². The average Bonchev–Trinajstić information content (AvgIpc) is 3.06. The van der Waals surface area contributed by atoms with Gasteiger partial charge >= 0.3 is 0 Å². The molecule has 2 N–H and O–H groups in total. The van der Waals surface area contributed by atoms with Gasteiger partial charge in [-0.1, -0.05) is 17.7 Å². The summed E-state index contributed by atoms with van der Waals surface area (Å²) in [7, 11) is -3.53. The van der Waals surface area contributed by atoms with Gasteiger partial charge in [0, 0.05) is 19.1 Å². The molecular formula is C17H24N4O2S. The lowest BCUT2D eigenvalue weighted by Gasteiger charge is -2.33. The van der Waals surface area contributed by atoms with E-state index in [1.165, 1.54) is 6.20 Å². The lowest BCUT2D eigenvalue weighted by molar-refractivity contribution is 0.243. The van der Waals surface area contributed by atoms with Gasteiger partial charge in [-0.3, -0.25) is 0 Å². The third-order valence-corrected chi connectivity index (χ3v) is 6.48. The quantitative estimate of drug-likeness (QED) is 0.915. The summed E-state index contributed by atoms with van der Waals surface area (Å²) in [6, 6.07) is 7.79. The van der Waals surface area contributed by atoms with Crippen molar-refractivity contribution < 1.29 is 8.42 Å². The van der Waals surface area contributed by atoms with Crippen LogP contribution >= 0.6 is 0 Å². The van der Waals surface area contributed by atoms with E-state index in [2.05, 4.69) is 5.10 Å². The van der Waals surface area contributed by atoms with E-state index in [1.54, 1.807) is 15.2 Å². The topological polar surface area (TPSA) is 81.2 Å². The number of sulfonamides is 1. The Labute approximate surface area is 143 Å². The molecule has 1 fully saturated rings. The first-order valence-corrected chi connectivity index (χ1v) is 9.69. The molecule has 6 nitrogen and oxygen atoms in total. The van der Waals surface area contributed by atoms with Crippen molar-refractivity contribution in [1.82, 2.24) is 14.1 Å². The van der Waals surface area contributed by atoms with Crippen LogP contribution in [-0.2, 0) is 10.0 Å². The SMILES string of the molecule is Cc1ccc(-n2cc(S(=O)(=O)N3CCC[C@H]([C@@H](C)N)C3)cn2)cc1. The predicted octanol–water partition coefficient (Wildman–Crippen LogP) is 1.93. The molecule has 2 heterocycles. The second-order valence-electron chi connectivity index (χ2n) is 6.58. The Bertz CT molecular complexity index is 796. The van der Waals surface area contributed by atoms with Crippen molar-refractivity contribution in [3.8, 4) is 5.69 Å². The zero-order valence-electron chi connectivity index (χ0n) is 14.1. The molecule has 1 saturated heterocycles. The summed E-state index contributed by atoms with van der Waals surface area (Å²) in [5.74, 6) is 0.209. The molecule has 1 aromatic heterocycles. The molecule has 0 amide bonds. The number of rotatable bonds is 4. The first-order chi connectivity index (χ1) is 11.4. The van der Waals surface area contributed by atoms with Crippen LogP contribution in [0.25, 0.3) is 5.69 Å². The minimum atomic E-state index is -3.53. The molecule has 0 bridgehead atoms. The van der Waals surface area contributed by atoms with E-state index in [9.17, 15) is 8.42 Å². The summed E-state index contributed by atoms with van der Waals surface area (Å²) in [4.78, 5) is 0.230. The Balaban J connectivity index is 1.84. The molecule has 7 heteroatoms. The molecule has 0 radical (unpaired) electrons. The van der Waals surface area contributed by atoms with Crippen molar-refractivity contribution in [2.45, 2.75) is 37.6 Å². The van der Waals surface area contributed by atoms with Crippen LogP contribution in [0.1, 0.15) is 25.3 Å². The maximum Gasteiger partial charge on any atom is 0.246 e. The highest BCUT2D eigenvalue weighted by molar-refractivity contribution is 7.89. The standard InChI is InChI=1S/C17H24N4O2S/c1-13-5-7-16(8-6-13)21-12-17(10-19-21)24(22,23)20-9-3-4-15(11-20)14(2)18/h5-8,10,12,14-15H,3-4,9,11,18H2,1-2H3/t14-,15+/m1/s1. The number of hydrogen-bond donors (Lipinski definition) is 1. The monoisotopic (exact) mass is 348 g/mol. The predicted molar refractivity (Wildman–Crippen MR) is 93.4 cm³/mol. The van der Waals surface area contributed by atoms with Crippen molar-refractivity contribution in [1.29, 1.82) is 0 Å². The fraction of sp³-hybridized carbons (Fsp3) is 0.471. The molecule has 0 unspecified atom stereocenters. The van der Waals surface area contributed by atoms with Crippen molar-refractivity contribution in [2.24, 2.45) is 11.7 Å². The minimum Gasteiger partial charge on any atom is -0.328 e. The van der Waals surface area contributed by atoms with Crippen molar-refractivity contribution >= 4 is 10.0 Å². The van der Waals surface area contributed by atoms with Gasteiger partial charge < -0.3 is 5.73 Å². The molecular weight excluding hydrogens is 324 g/mol. The molecule has 1 aliphatic heterocycles. The van der Waals surface area contributed by atoms with Gasteiger partial charge in [-0.2, -0.15) is 9.40 Å². The van der Waals surface area contributed by atoms with Crippen LogP contribution in [0.5, 0.6) is 0 Å². The fourth-order valence-corrected chi connectivity index (χ4v) is 4.52. The first-order valence-electron chi connectivity index (χ1n) is 8.25. The molecule has 0 saturated carbocycles. The van der Waals surface area contributed by atoms with E-state index < -0.39 is 10.0 Å². The van der Waals surface area contributed by atoms with E-state index in [1.807, 2.05) is 38.1 Å². The van der Waals surface area contributed by atoms with Gasteiger partial charge in [-0.05, 0) is 44.7 Å². The van der Waals surface area contributed by atoms with E-state index in [0.29, 0.717) is 13.1 Å². The van der Waals surface area contributed by atoms with E-state index in [-0.39, 0.29) is 16.9 Å². The number of nitrogens with zero attached hydrogens (tertiary/aromatic N) is 3. The average molecular weight is 348 g/mol. The number of nitrogens with two attached hydrogens (primary N) is 1. The van der Waals surface area contributed by atoms with Crippen molar-refractivity contribution in [3.05, 3.63) is 42.2 Å². The van der Waals surface area contributed by atoms with Gasteiger partial charge in [-0.15, -0.1) is 0 Å². The summed E-state index contributed by atoms with van der Waals surface area (Å²) in [5, 5.41) is 4.22. The number of benzene rings is 1. The summed E-state index contributed by atoms with van der Waals surface area (Å²) in [6.07, 6.45) is 4.82. The van der Waals surface area contributed by atoms with Crippen LogP contribution in [0.15, 0.2) is 41.6 Å². The lowest BCUT2D eigenvalue weighted by Crippen LogP contribution is -2.44. The van der Waals surface area contributed by atoms with Gasteiger partial charge in [0.1, 0.15) is 4.90 Å². The molecule has 2 atom stereocenters. The van der Waals surface area contributed by atoms with E-state index >= 15 is 0 Å². The highest BCUT2D eigenvalue weighted by Gasteiger charge is 2.32. The van der Waals surface area contributed by atoms with Crippen molar-refractivity contribution in [3.63, 3.8) is 0 Å². The first kappa shape index (κ1) is 17.1. The van der Waals surface area contributed by atoms with Crippen LogP contribution < -0.4 is 5.73 Å². The molecule has 2 aromatic rings. The number of hydrogen-bond acceptors (Lipinski definition) is 4. The maximum atomic E-state index is 12.9. The minimum absolute atomic E-state index is 0.00159. The molecule has 24 heavy (non-hydrogen) atoms. The van der Waals surface area contributed by atoms with Gasteiger partial charge in [0.25, 0.3) is 0 Å². The molecule has 0 aliphatic carbocycles. The summed E-state index contributed by atoms with van der Waals surface area (Å²) >= 11 is 0. The molecule has 130 valence electrons. The summed E-state index contributed by atoms with van der Waals surface area (Å²) < 4.78 is 28.9. The second kappa shape index (κ2) is 6.66. The van der Waals surface area contributed by atoms with Crippen LogP contribution in [0, 0.1) is 12.8 Å². The molecule has 1 aromatic carbocycles. The third-order valence-electron chi connectivity index (χ3n) is 4.66. The van der Waals surface area contributed by atoms with Gasteiger partial charge in [-0.25, -0.2) is 13.1 Å². The Morgan fingerprint density at radius 3 is 2.67 bits per heavy atom. The van der Waals surface area contributed by atoms with Gasteiger partial charge in [0.05, 0.1) is 18.1 Å². The Hall–Kier alpha value is -1.70. The Morgan fingerprint density at radius 2 is 2.00 bits per heavy atom. The van der Waals surface area contributed by atoms with E-state index in [4.69, 9.17) is 5.73 Å². The Kier molecular flexibility index (Phi) is 4.76. The zero-order valence-corrected chi connectivity index (χ0v) is 14.9. The van der Waals surface area contributed by atoms with Gasteiger partial charge in [0.15, 0.2) is 0 Å². The smallest absolute Gasteiger partial charge is 0.246 e. The molecule has 3 rings (SSSR count). The van der Waals surface area contributed by atoms with Crippen LogP contribution in [0.4, 0.5) is 0 Å². The van der Waals surface area contributed by atoms with Crippen LogP contribution in [0.3, 0.4) is 0 Å². The third kappa shape index (κ3) is 3.38. The summed E-state index contributed by atoms with van der Waals surface area (Å²) in [5.41, 5.74) is 7.95. The Morgan fingerprint density at radius 1 is 1.29 bits per heavy atom. The molecule has 0 spiro atoms. The maximum absolute atomic E-state index is 12.9. The number of aryl methyl sites for hydroxylation is 1. The largest absolute Gasteiger partial charge is 0.328 e. The molecule has 1 aliphatic rings. The number of aromatic nitrogens is 2.